The van der Waals surface area contributed by atoms with Crippen LogP contribution >= 0.6 is 116 Å². The molecule has 4 fully saturated rings. The number of hydrogen-bond acceptors (Lipinski definition) is 26. The molecule has 0 unspecified atom stereocenters. The molecule has 26 nitrogen and oxygen atoms in total. The molecule has 2 aliphatic carbocycles. The minimum absolute atomic E-state index is 0.000000000000000444. The van der Waals surface area contributed by atoms with Gasteiger partial charge in [-0.1, -0.05) is 97.8 Å². The first-order valence-electron chi connectivity index (χ1n) is 33.7. The molecule has 0 bridgehead atoms. The zero-order chi connectivity index (χ0) is 75.1. The number of piperidine rings is 2. The van der Waals surface area contributed by atoms with Gasteiger partial charge in [0, 0.05) is 54.0 Å². The van der Waals surface area contributed by atoms with Crippen molar-refractivity contribution in [3.8, 4) is 23.0 Å². The van der Waals surface area contributed by atoms with Gasteiger partial charge >= 0.3 is 0 Å². The van der Waals surface area contributed by atoms with Crippen LogP contribution in [0.3, 0.4) is 0 Å². The summed E-state index contributed by atoms with van der Waals surface area (Å²) in [6.07, 6.45) is 19.5. The topological polar surface area (TPSA) is 300 Å². The van der Waals surface area contributed by atoms with Crippen LogP contribution in [0.25, 0.3) is 0 Å². The van der Waals surface area contributed by atoms with Crippen molar-refractivity contribution in [1.82, 2.24) is 74.9 Å². The van der Waals surface area contributed by atoms with E-state index in [-0.39, 0.29) is 37.6 Å². The summed E-state index contributed by atoms with van der Waals surface area (Å²) in [6.45, 7) is 4.68. The molecule has 0 radical (unpaired) electrons. The number of nitrogens with one attached hydrogen (secondary N) is 6. The Morgan fingerprint density at radius 2 is 0.683 bits per heavy atom. The third-order valence-electron chi connectivity index (χ3n) is 16.8. The number of likely N-dealkylation sites (tertiary alicyclic amines) is 2. The monoisotopic (exact) mass is 1630 g/mol. The minimum Gasteiger partial charge on any atom is -0.495 e. The molecule has 12 rings (SSSR count). The maximum absolute atomic E-state index is 6.32. The highest BCUT2D eigenvalue weighted by Crippen LogP contribution is 2.33. The van der Waals surface area contributed by atoms with Crippen LogP contribution in [0.15, 0.2) is 72.8 Å². The lowest BCUT2D eigenvalue weighted by Gasteiger charge is -2.35. The number of ether oxygens (including phenoxy) is 4. The van der Waals surface area contributed by atoms with Gasteiger partial charge in [-0.3, -0.25) is 0 Å². The van der Waals surface area contributed by atoms with E-state index >= 15 is 0 Å². The Kier molecular flexibility index (Phi) is 36.3. The van der Waals surface area contributed by atoms with E-state index in [9.17, 15) is 0 Å². The van der Waals surface area contributed by atoms with E-state index in [1.165, 1.54) is 77.3 Å². The van der Waals surface area contributed by atoms with E-state index in [4.69, 9.17) is 156 Å². The fraction of sp³-hybridized carbons (Fsp3) is 0.471. The predicted octanol–water partition coefficient (Wildman–Crippen LogP) is 17.7. The van der Waals surface area contributed by atoms with E-state index < -0.39 is 0 Å². The van der Waals surface area contributed by atoms with E-state index in [1.807, 2.05) is 24.3 Å². The van der Waals surface area contributed by atoms with Gasteiger partial charge in [0.2, 0.25) is 67.4 Å². The largest absolute Gasteiger partial charge is 0.495 e. The number of hydrogen-bond donors (Lipinski definition) is 7. The number of methoxy groups -OCH3 is 4. The number of nitrogen functional groups attached to an aromatic ring is 1. The predicted molar refractivity (Wildman–Crippen MR) is 424 cm³/mol. The maximum atomic E-state index is 6.32. The Morgan fingerprint density at radius 3 is 1.05 bits per heavy atom. The molecular weight excluding hydrogens is 1540 g/mol. The molecule has 0 spiro atoms. The Hall–Kier alpha value is -6.50. The number of halogens is 10. The van der Waals surface area contributed by atoms with Gasteiger partial charge in [0.05, 0.1) is 48.5 Å². The van der Waals surface area contributed by atoms with Crippen LogP contribution in [0.1, 0.15) is 103 Å². The molecule has 36 heteroatoms. The van der Waals surface area contributed by atoms with Gasteiger partial charge in [-0.05, 0) is 241 Å². The van der Waals surface area contributed by atoms with Crippen LogP contribution in [0.5, 0.6) is 23.0 Å². The van der Waals surface area contributed by atoms with Gasteiger partial charge in [-0.15, -0.1) is 0 Å². The molecule has 4 aromatic carbocycles. The fourth-order valence-electron chi connectivity index (χ4n) is 11.2. The lowest BCUT2D eigenvalue weighted by atomic mass is 10.0. The van der Waals surface area contributed by atoms with Crippen molar-refractivity contribution < 1.29 is 18.9 Å². The first kappa shape index (κ1) is 84.8. The van der Waals surface area contributed by atoms with Crippen molar-refractivity contribution in [3.05, 3.63) is 125 Å². The molecule has 8 aromatic rings. The van der Waals surface area contributed by atoms with Crippen molar-refractivity contribution in [3.63, 3.8) is 0 Å². The second-order valence-corrected chi connectivity index (χ2v) is 28.0. The highest BCUT2D eigenvalue weighted by atomic mass is 35.5. The summed E-state index contributed by atoms with van der Waals surface area (Å²) in [4.78, 5) is 55.8. The normalized spacial score (nSPS) is 15.2. The van der Waals surface area contributed by atoms with E-state index in [0.29, 0.717) is 102 Å². The lowest BCUT2D eigenvalue weighted by molar-refractivity contribution is 0.240. The molecule has 4 aliphatic rings. The zero-order valence-corrected chi connectivity index (χ0v) is 66.6. The van der Waals surface area contributed by atoms with Gasteiger partial charge in [0.15, 0.2) is 0 Å². The Balaban J connectivity index is 0.000000188. The van der Waals surface area contributed by atoms with Gasteiger partial charge in [0.1, 0.15) is 23.0 Å². The molecule has 104 heavy (non-hydrogen) atoms. The summed E-state index contributed by atoms with van der Waals surface area (Å²) in [7, 11) is 14.8. The third-order valence-corrected chi connectivity index (χ3v) is 19.0. The molecule has 2 saturated carbocycles. The van der Waals surface area contributed by atoms with Crippen molar-refractivity contribution in [2.45, 2.75) is 127 Å². The lowest BCUT2D eigenvalue weighted by Crippen LogP contribution is -2.42. The molecular formula is C68H88Cl10N22O4. The van der Waals surface area contributed by atoms with E-state index in [0.717, 1.165) is 69.0 Å². The van der Waals surface area contributed by atoms with Crippen LogP contribution in [0.2, 0.25) is 51.8 Å². The molecule has 564 valence electrons. The molecule has 8 N–H and O–H groups in total. The number of nitrogens with two attached hydrogens (primary N) is 1. The van der Waals surface area contributed by atoms with E-state index in [2.05, 4.69) is 120 Å². The molecule has 4 aromatic heterocycles. The average Bonchev–Trinajstić information content (AvgIpc) is 0.911. The number of rotatable bonds is 17. The Bertz CT molecular complexity index is 3860. The summed E-state index contributed by atoms with van der Waals surface area (Å²) in [6, 6.07) is 23.2. The average molecular weight is 1630 g/mol. The fourth-order valence-corrected chi connectivity index (χ4v) is 13.3. The molecule has 2 saturated heterocycles. The van der Waals surface area contributed by atoms with Crippen LogP contribution in [-0.4, -0.2) is 177 Å². The van der Waals surface area contributed by atoms with E-state index in [1.54, 1.807) is 77.0 Å². The molecule has 2 aliphatic heterocycles. The smallest absolute Gasteiger partial charge is 0.233 e. The van der Waals surface area contributed by atoms with Gasteiger partial charge < -0.3 is 71.3 Å². The summed E-state index contributed by atoms with van der Waals surface area (Å²) in [5, 5.41) is 21.8. The summed E-state index contributed by atoms with van der Waals surface area (Å²) in [5.41, 5.74) is 8.32. The highest BCUT2D eigenvalue weighted by molar-refractivity contribution is 6.34. The van der Waals surface area contributed by atoms with Gasteiger partial charge in [-0.25, -0.2) is 0 Å². The first-order valence-corrected chi connectivity index (χ1v) is 37.4. The zero-order valence-electron chi connectivity index (χ0n) is 59.1. The van der Waals surface area contributed by atoms with Crippen LogP contribution in [-0.2, 0) is 0 Å². The second-order valence-electron chi connectivity index (χ2n) is 24.4. The number of anilines is 10. The number of aromatic nitrogens is 12. The SMILES string of the molecule is CNC1CCN(C)CC1.COc1ccc(N)cc1Cl.COc1ccc(Nc2nc(Cl)nc(Cl)n2)cc1Cl.COc1ccc(Nc2nc(Cl)nc(NC3CCCCCC3)n2)cc1Cl.COc1ccc(Nc2nc(NC3CCCCCC3)nc(N(C)C3CCN(C)CC3)n2)cc1Cl.Clc1nc(Cl)nc(Cl)n1. The highest BCUT2D eigenvalue weighted by Gasteiger charge is 2.25. The van der Waals surface area contributed by atoms with Crippen molar-refractivity contribution in [2.75, 3.05) is 120 Å². The van der Waals surface area contributed by atoms with Crippen molar-refractivity contribution in [2.24, 2.45) is 0 Å². The third kappa shape index (κ3) is 29.7. The minimum atomic E-state index is 0.000000000000000444. The molecule has 0 atom stereocenters. The van der Waals surface area contributed by atoms with Crippen LogP contribution < -0.4 is 61.5 Å². The number of benzene rings is 4. The van der Waals surface area contributed by atoms with Crippen molar-refractivity contribution in [1.29, 1.82) is 0 Å². The quantitative estimate of drug-likeness (QED) is 0.0329. The number of nitrogens with zero attached hydrogens (tertiary/aromatic N) is 15. The Morgan fingerprint density at radius 1 is 0.375 bits per heavy atom. The summed E-state index contributed by atoms with van der Waals surface area (Å²) in [5.74, 6) is 5.41. The van der Waals surface area contributed by atoms with Gasteiger partial charge in [-0.2, -0.15) is 59.8 Å². The first-order chi connectivity index (χ1) is 50.0. The van der Waals surface area contributed by atoms with Crippen LogP contribution in [0, 0.1) is 0 Å². The van der Waals surface area contributed by atoms with Gasteiger partial charge in [0.25, 0.3) is 0 Å². The molecule has 0 amide bonds. The van der Waals surface area contributed by atoms with Crippen molar-refractivity contribution >= 4 is 174 Å². The molecule has 6 heterocycles. The van der Waals surface area contributed by atoms with Crippen LogP contribution in [0.4, 0.5) is 58.4 Å². The standard InChI is InChI=1S/C24H36ClN7O.C17H21Cl2N5O.C10H7Cl3N4O.C7H8ClNO.C7H16N2.C3Cl3N3/c1-31-14-12-19(13-15-31)32(2)24-29-22(26-17-8-6-4-5-7-9-17)28-23(30-24)27-18-10-11-21(33-3)20(25)16-18;1-25-14-9-8-12(10-13(14)18)21-17-23-15(19)22-16(24-17)20-11-6-4-2-3-5-7-11;1-18-7-3-2-5(4-6(7)11)14-10-16-8(12)15-9(13)17-10;1-10-7-3-2-5(9)4-6(7)8;1-8-7-3-5-9(2)6-4-7;4-1-7-2(5)9-3(6)8-1/h10-11,16-17,19H,4-9,12-15H2,1-3H3,(H2,26,27,28,29,30);8-11H,2-7H2,1H3,(H2,20,21,22,23,24);2-4H,1H3,(H,14,15,16,17);2-4H,9H2,1H3;7-8H,3-6H2,1-2H3;. The Labute approximate surface area is 658 Å². The summed E-state index contributed by atoms with van der Waals surface area (Å²) >= 11 is 57.5. The summed E-state index contributed by atoms with van der Waals surface area (Å²) < 4.78 is 20.4. The maximum Gasteiger partial charge on any atom is 0.233 e. The second kappa shape index (κ2) is 44.6.